The molecule has 1 aromatic heterocycles. The number of anilines is 1. The fourth-order valence-corrected chi connectivity index (χ4v) is 2.43. The van der Waals surface area contributed by atoms with Gasteiger partial charge in [0.25, 0.3) is 0 Å². The fraction of sp³-hybridized carbons (Fsp3) is 0.167. The first-order valence-corrected chi connectivity index (χ1v) is 7.35. The summed E-state index contributed by atoms with van der Waals surface area (Å²) in [5.41, 5.74) is 4.14. The van der Waals surface area contributed by atoms with Gasteiger partial charge in [-0.2, -0.15) is 5.10 Å². The van der Waals surface area contributed by atoms with Gasteiger partial charge in [-0.1, -0.05) is 30.3 Å². The van der Waals surface area contributed by atoms with Gasteiger partial charge in [0.1, 0.15) is 11.5 Å². The number of hydrogen-bond donors (Lipinski definition) is 2. The van der Waals surface area contributed by atoms with Crippen LogP contribution in [0.4, 0.5) is 5.69 Å². The molecule has 2 aromatic carbocycles. The van der Waals surface area contributed by atoms with E-state index in [2.05, 4.69) is 27.6 Å². The molecule has 3 rings (SSSR count). The Labute approximate surface area is 135 Å². The van der Waals surface area contributed by atoms with E-state index in [9.17, 15) is 0 Å². The van der Waals surface area contributed by atoms with Crippen molar-refractivity contribution in [1.29, 1.82) is 0 Å². The van der Waals surface area contributed by atoms with Gasteiger partial charge in [0.05, 0.1) is 31.8 Å². The Hall–Kier alpha value is -2.95. The van der Waals surface area contributed by atoms with Crippen molar-refractivity contribution in [2.75, 3.05) is 19.5 Å². The topological polar surface area (TPSA) is 59.2 Å². The van der Waals surface area contributed by atoms with Crippen LogP contribution in [-0.2, 0) is 6.54 Å². The van der Waals surface area contributed by atoms with Crippen LogP contribution in [0.2, 0.25) is 0 Å². The molecular weight excluding hydrogens is 290 g/mol. The van der Waals surface area contributed by atoms with Crippen molar-refractivity contribution in [3.8, 4) is 22.8 Å². The summed E-state index contributed by atoms with van der Waals surface area (Å²) >= 11 is 0. The molecule has 0 spiro atoms. The first-order chi connectivity index (χ1) is 11.3. The van der Waals surface area contributed by atoms with Gasteiger partial charge in [0, 0.05) is 18.2 Å². The van der Waals surface area contributed by atoms with E-state index in [1.807, 2.05) is 42.6 Å². The number of hydrogen-bond acceptors (Lipinski definition) is 4. The normalized spacial score (nSPS) is 10.3. The Kier molecular flexibility index (Phi) is 4.47. The van der Waals surface area contributed by atoms with Crippen LogP contribution < -0.4 is 14.8 Å². The molecule has 0 bridgehead atoms. The minimum Gasteiger partial charge on any atom is -0.497 e. The molecule has 0 saturated heterocycles. The van der Waals surface area contributed by atoms with Crippen molar-refractivity contribution in [3.05, 3.63) is 60.3 Å². The predicted molar refractivity (Wildman–Crippen MR) is 90.9 cm³/mol. The van der Waals surface area contributed by atoms with E-state index in [-0.39, 0.29) is 0 Å². The number of rotatable bonds is 6. The third-order valence-corrected chi connectivity index (χ3v) is 3.66. The quantitative estimate of drug-likeness (QED) is 0.729. The van der Waals surface area contributed by atoms with Crippen LogP contribution in [0, 0.1) is 0 Å². The van der Waals surface area contributed by atoms with Gasteiger partial charge in [0.15, 0.2) is 0 Å². The summed E-state index contributed by atoms with van der Waals surface area (Å²) in [5.74, 6) is 1.51. The van der Waals surface area contributed by atoms with Crippen LogP contribution >= 0.6 is 0 Å². The van der Waals surface area contributed by atoms with E-state index in [4.69, 9.17) is 9.47 Å². The van der Waals surface area contributed by atoms with Crippen molar-refractivity contribution < 1.29 is 9.47 Å². The summed E-state index contributed by atoms with van der Waals surface area (Å²) in [6, 6.07) is 15.9. The molecule has 0 aliphatic rings. The highest BCUT2D eigenvalue weighted by Gasteiger charge is 2.09. The maximum absolute atomic E-state index is 5.41. The van der Waals surface area contributed by atoms with E-state index in [1.165, 1.54) is 0 Å². The molecule has 5 nitrogen and oxygen atoms in total. The van der Waals surface area contributed by atoms with Gasteiger partial charge in [-0.25, -0.2) is 0 Å². The van der Waals surface area contributed by atoms with Crippen LogP contribution in [0.5, 0.6) is 11.5 Å². The summed E-state index contributed by atoms with van der Waals surface area (Å²) in [6.45, 7) is 0.642. The van der Waals surface area contributed by atoms with Crippen molar-refractivity contribution in [3.63, 3.8) is 0 Å². The van der Waals surface area contributed by atoms with E-state index < -0.39 is 0 Å². The molecule has 1 heterocycles. The van der Waals surface area contributed by atoms with Crippen LogP contribution in [0.25, 0.3) is 11.3 Å². The van der Waals surface area contributed by atoms with Crippen LogP contribution in [-0.4, -0.2) is 24.4 Å². The van der Waals surface area contributed by atoms with E-state index in [0.717, 1.165) is 34.0 Å². The zero-order chi connectivity index (χ0) is 16.1. The molecule has 0 radical (unpaired) electrons. The first-order valence-electron chi connectivity index (χ1n) is 7.35. The number of aromatic amines is 1. The van der Waals surface area contributed by atoms with Crippen LogP contribution in [0.15, 0.2) is 54.7 Å². The van der Waals surface area contributed by atoms with Crippen molar-refractivity contribution >= 4 is 5.69 Å². The lowest BCUT2D eigenvalue weighted by Gasteiger charge is -2.12. The van der Waals surface area contributed by atoms with Gasteiger partial charge in [-0.3, -0.25) is 5.10 Å². The summed E-state index contributed by atoms with van der Waals surface area (Å²) in [4.78, 5) is 0. The second-order valence-corrected chi connectivity index (χ2v) is 5.06. The summed E-state index contributed by atoms with van der Waals surface area (Å²) in [6.07, 6.45) is 1.84. The minimum atomic E-state index is 0.642. The van der Waals surface area contributed by atoms with E-state index in [1.54, 1.807) is 14.2 Å². The number of nitrogens with zero attached hydrogens (tertiary/aromatic N) is 1. The fourth-order valence-electron chi connectivity index (χ4n) is 2.43. The number of ether oxygens (including phenoxy) is 2. The molecule has 23 heavy (non-hydrogen) atoms. The monoisotopic (exact) mass is 309 g/mol. The average molecular weight is 309 g/mol. The number of aromatic nitrogens is 2. The van der Waals surface area contributed by atoms with E-state index >= 15 is 0 Å². The zero-order valence-corrected chi connectivity index (χ0v) is 13.2. The predicted octanol–water partition coefficient (Wildman–Crippen LogP) is 3.71. The van der Waals surface area contributed by atoms with Crippen molar-refractivity contribution in [1.82, 2.24) is 10.2 Å². The molecule has 3 aromatic rings. The lowest BCUT2D eigenvalue weighted by atomic mass is 10.1. The molecule has 0 amide bonds. The molecule has 0 aliphatic heterocycles. The molecule has 0 aliphatic carbocycles. The summed E-state index contributed by atoms with van der Waals surface area (Å²) < 4.78 is 10.6. The Morgan fingerprint density at radius 3 is 2.61 bits per heavy atom. The SMILES string of the molecule is COc1ccc(NCc2cn[nH]c2-c2ccccc2)c(OC)c1. The Balaban J connectivity index is 1.79. The molecule has 118 valence electrons. The largest absolute Gasteiger partial charge is 0.497 e. The third kappa shape index (κ3) is 3.29. The Bertz CT molecular complexity index is 769. The summed E-state index contributed by atoms with van der Waals surface area (Å²) in [5, 5.41) is 10.6. The van der Waals surface area contributed by atoms with E-state index in [0.29, 0.717) is 6.54 Å². The second-order valence-electron chi connectivity index (χ2n) is 5.06. The molecule has 2 N–H and O–H groups in total. The number of nitrogens with one attached hydrogen (secondary N) is 2. The zero-order valence-electron chi connectivity index (χ0n) is 13.2. The lowest BCUT2D eigenvalue weighted by molar-refractivity contribution is 0.395. The van der Waals surface area contributed by atoms with Crippen molar-refractivity contribution in [2.24, 2.45) is 0 Å². The molecule has 0 saturated carbocycles. The maximum atomic E-state index is 5.41. The molecular formula is C18H19N3O2. The Morgan fingerprint density at radius 2 is 1.87 bits per heavy atom. The molecule has 0 atom stereocenters. The minimum absolute atomic E-state index is 0.642. The van der Waals surface area contributed by atoms with Gasteiger partial charge in [-0.15, -0.1) is 0 Å². The number of H-pyrrole nitrogens is 1. The highest BCUT2D eigenvalue weighted by Crippen LogP contribution is 2.30. The van der Waals surface area contributed by atoms with Crippen LogP contribution in [0.1, 0.15) is 5.56 Å². The number of benzene rings is 2. The third-order valence-electron chi connectivity index (χ3n) is 3.66. The highest BCUT2D eigenvalue weighted by molar-refractivity contribution is 5.64. The highest BCUT2D eigenvalue weighted by atomic mass is 16.5. The van der Waals surface area contributed by atoms with Gasteiger partial charge >= 0.3 is 0 Å². The first kappa shape index (κ1) is 15.0. The lowest BCUT2D eigenvalue weighted by Crippen LogP contribution is -2.02. The van der Waals surface area contributed by atoms with Gasteiger partial charge < -0.3 is 14.8 Å². The molecule has 0 fully saturated rings. The van der Waals surface area contributed by atoms with Crippen LogP contribution in [0.3, 0.4) is 0 Å². The van der Waals surface area contributed by atoms with Crippen molar-refractivity contribution in [2.45, 2.75) is 6.54 Å². The summed E-state index contributed by atoms with van der Waals surface area (Å²) in [7, 11) is 3.28. The smallest absolute Gasteiger partial charge is 0.145 e. The number of methoxy groups -OCH3 is 2. The average Bonchev–Trinajstić information content (AvgIpc) is 3.09. The second kappa shape index (κ2) is 6.87. The van der Waals surface area contributed by atoms with Gasteiger partial charge in [-0.05, 0) is 17.7 Å². The molecule has 5 heteroatoms. The Morgan fingerprint density at radius 1 is 1.04 bits per heavy atom. The maximum Gasteiger partial charge on any atom is 0.145 e. The van der Waals surface area contributed by atoms with Gasteiger partial charge in [0.2, 0.25) is 0 Å². The standard InChI is InChI=1S/C18H19N3O2/c1-22-15-8-9-16(17(10-15)23-2)19-11-14-12-20-21-18(14)13-6-4-3-5-7-13/h3-10,12,19H,11H2,1-2H3,(H,20,21). The molecule has 0 unspecified atom stereocenters.